The van der Waals surface area contributed by atoms with Gasteiger partial charge in [-0.3, -0.25) is 14.4 Å². The number of para-hydroxylation sites is 2. The van der Waals surface area contributed by atoms with E-state index in [4.69, 9.17) is 11.6 Å². The summed E-state index contributed by atoms with van der Waals surface area (Å²) in [5.41, 5.74) is -0.223. The monoisotopic (exact) mass is 561 g/mol. The number of hydrogen-bond acceptors (Lipinski definition) is 4. The Morgan fingerprint density at radius 1 is 1.05 bits per heavy atom. The van der Waals surface area contributed by atoms with Crippen molar-refractivity contribution in [2.75, 3.05) is 13.1 Å². The first-order valence-electron chi connectivity index (χ1n) is 12.5. The highest BCUT2D eigenvalue weighted by molar-refractivity contribution is 6.34. The van der Waals surface area contributed by atoms with Crippen molar-refractivity contribution >= 4 is 40.4 Å². The fourth-order valence-corrected chi connectivity index (χ4v) is 5.54. The molecule has 2 bridgehead atoms. The van der Waals surface area contributed by atoms with E-state index < -0.39 is 35.0 Å². The van der Waals surface area contributed by atoms with Gasteiger partial charge in [0.25, 0.3) is 11.8 Å². The van der Waals surface area contributed by atoms with Gasteiger partial charge in [-0.15, -0.1) is 0 Å². The molecule has 2 aliphatic rings. The van der Waals surface area contributed by atoms with Crippen LogP contribution in [0.4, 0.5) is 13.2 Å². The van der Waals surface area contributed by atoms with Crippen molar-refractivity contribution in [3.05, 3.63) is 64.4 Å². The number of hydrogen-bond donors (Lipinski definition) is 2. The molecule has 2 saturated heterocycles. The normalized spacial score (nSPS) is 20.0. The second-order valence-electron chi connectivity index (χ2n) is 11.1. The van der Waals surface area contributed by atoms with Crippen molar-refractivity contribution in [2.24, 2.45) is 5.41 Å². The van der Waals surface area contributed by atoms with Crippen LogP contribution in [0.15, 0.2) is 42.5 Å². The second kappa shape index (κ2) is 9.55. The highest BCUT2D eigenvalue weighted by Gasteiger charge is 2.50. The first-order chi connectivity index (χ1) is 18.2. The molecular weight excluding hydrogens is 535 g/mol. The Hall–Kier alpha value is -3.60. The van der Waals surface area contributed by atoms with Crippen molar-refractivity contribution in [1.29, 1.82) is 0 Å². The van der Waals surface area contributed by atoms with E-state index in [1.54, 1.807) is 21.9 Å². The molecule has 0 spiro atoms. The Kier molecular flexibility index (Phi) is 6.61. The number of fused-ring (bicyclic) bond motifs is 3. The molecule has 1 aromatic heterocycles. The van der Waals surface area contributed by atoms with Crippen LogP contribution in [-0.2, 0) is 11.0 Å². The largest absolute Gasteiger partial charge is 0.416 e. The van der Waals surface area contributed by atoms with Gasteiger partial charge in [0.2, 0.25) is 5.91 Å². The van der Waals surface area contributed by atoms with Crippen LogP contribution in [0, 0.1) is 5.41 Å². The lowest BCUT2D eigenvalue weighted by Gasteiger charge is -2.39. The summed E-state index contributed by atoms with van der Waals surface area (Å²) in [4.78, 5) is 50.4. The molecule has 0 aliphatic carbocycles. The number of benzene rings is 2. The average Bonchev–Trinajstić information content (AvgIpc) is 3.59. The maximum atomic E-state index is 13.7. The van der Waals surface area contributed by atoms with Gasteiger partial charge in [-0.2, -0.15) is 13.2 Å². The van der Waals surface area contributed by atoms with E-state index in [-0.39, 0.29) is 47.5 Å². The lowest BCUT2D eigenvalue weighted by molar-refractivity contribution is -0.138. The van der Waals surface area contributed by atoms with Crippen LogP contribution in [-0.4, -0.2) is 68.7 Å². The molecule has 2 aliphatic heterocycles. The molecular formula is C27H27ClF3N5O3. The third-order valence-electron chi connectivity index (χ3n) is 7.30. The van der Waals surface area contributed by atoms with Crippen molar-refractivity contribution in [1.82, 2.24) is 25.1 Å². The quantitative estimate of drug-likeness (QED) is 0.490. The van der Waals surface area contributed by atoms with Gasteiger partial charge in [-0.1, -0.05) is 44.5 Å². The summed E-state index contributed by atoms with van der Waals surface area (Å²) in [7, 11) is 0. The zero-order chi connectivity index (χ0) is 28.3. The van der Waals surface area contributed by atoms with Gasteiger partial charge in [-0.05, 0) is 42.2 Å². The molecule has 2 aromatic carbocycles. The molecule has 8 nitrogen and oxygen atoms in total. The van der Waals surface area contributed by atoms with E-state index in [1.165, 1.54) is 0 Å². The molecule has 206 valence electrons. The SMILES string of the molecule is CC(C)(C)[C@H](NC(=O)c1nc2ccccc2[nH]1)C(=O)N1C[C@@H]2CC1CN2C(=O)c1ccc(C(F)(F)F)cc1Cl. The summed E-state index contributed by atoms with van der Waals surface area (Å²) in [6.45, 7) is 6.03. The number of H-pyrrole nitrogens is 1. The minimum absolute atomic E-state index is 0.0132. The predicted molar refractivity (Wildman–Crippen MR) is 138 cm³/mol. The molecule has 2 fully saturated rings. The van der Waals surface area contributed by atoms with Gasteiger partial charge < -0.3 is 20.1 Å². The maximum Gasteiger partial charge on any atom is 0.416 e. The Labute approximate surface area is 227 Å². The summed E-state index contributed by atoms with van der Waals surface area (Å²) < 4.78 is 39.0. The predicted octanol–water partition coefficient (Wildman–Crippen LogP) is 4.51. The van der Waals surface area contributed by atoms with Crippen LogP contribution < -0.4 is 5.32 Å². The number of piperazine rings is 1. The number of imidazole rings is 1. The number of rotatable bonds is 4. The minimum atomic E-state index is -4.57. The van der Waals surface area contributed by atoms with Crippen molar-refractivity contribution < 1.29 is 27.6 Å². The number of nitrogens with one attached hydrogen (secondary N) is 2. The van der Waals surface area contributed by atoms with Crippen molar-refractivity contribution in [2.45, 2.75) is 51.5 Å². The van der Waals surface area contributed by atoms with Gasteiger partial charge in [0.05, 0.1) is 39.3 Å². The van der Waals surface area contributed by atoms with E-state index in [1.807, 2.05) is 32.9 Å². The maximum absolute atomic E-state index is 13.7. The molecule has 3 amide bonds. The minimum Gasteiger partial charge on any atom is -0.337 e. The number of nitrogens with zero attached hydrogens (tertiary/aromatic N) is 3. The number of likely N-dealkylation sites (tertiary alicyclic amines) is 2. The molecule has 39 heavy (non-hydrogen) atoms. The van der Waals surface area contributed by atoms with E-state index in [0.29, 0.717) is 17.5 Å². The Balaban J connectivity index is 1.29. The Morgan fingerprint density at radius 2 is 1.72 bits per heavy atom. The van der Waals surface area contributed by atoms with Gasteiger partial charge in [0, 0.05) is 13.1 Å². The van der Waals surface area contributed by atoms with Crippen LogP contribution in [0.5, 0.6) is 0 Å². The highest BCUT2D eigenvalue weighted by Crippen LogP contribution is 2.36. The number of carbonyl (C=O) groups is 3. The molecule has 12 heteroatoms. The zero-order valence-corrected chi connectivity index (χ0v) is 22.2. The molecule has 5 rings (SSSR count). The third-order valence-corrected chi connectivity index (χ3v) is 7.62. The van der Waals surface area contributed by atoms with Crippen LogP contribution in [0.2, 0.25) is 5.02 Å². The number of amides is 3. The second-order valence-corrected chi connectivity index (χ2v) is 11.5. The molecule has 2 N–H and O–H groups in total. The first kappa shape index (κ1) is 27.0. The van der Waals surface area contributed by atoms with Crippen LogP contribution >= 0.6 is 11.6 Å². The Morgan fingerprint density at radius 3 is 2.31 bits per heavy atom. The van der Waals surface area contributed by atoms with Crippen molar-refractivity contribution in [3.63, 3.8) is 0 Å². The Bertz CT molecular complexity index is 1430. The molecule has 3 heterocycles. The van der Waals surface area contributed by atoms with Gasteiger partial charge in [0.1, 0.15) is 6.04 Å². The molecule has 0 saturated carbocycles. The number of halogens is 4. The molecule has 3 aromatic rings. The lowest BCUT2D eigenvalue weighted by atomic mass is 9.85. The summed E-state index contributed by atoms with van der Waals surface area (Å²) >= 11 is 6.05. The molecule has 3 atom stereocenters. The first-order valence-corrected chi connectivity index (χ1v) is 12.9. The van der Waals surface area contributed by atoms with Gasteiger partial charge >= 0.3 is 6.18 Å². The lowest BCUT2D eigenvalue weighted by Crippen LogP contribution is -2.59. The number of aromatic amines is 1. The summed E-state index contributed by atoms with van der Waals surface area (Å²) in [5.74, 6) is -1.14. The van der Waals surface area contributed by atoms with Gasteiger partial charge in [0.15, 0.2) is 5.82 Å². The smallest absolute Gasteiger partial charge is 0.337 e. The van der Waals surface area contributed by atoms with Crippen molar-refractivity contribution in [3.8, 4) is 0 Å². The van der Waals surface area contributed by atoms with E-state index in [0.717, 1.165) is 18.2 Å². The van der Waals surface area contributed by atoms with Crippen LogP contribution in [0.1, 0.15) is 53.7 Å². The summed E-state index contributed by atoms with van der Waals surface area (Å²) in [6.07, 6.45) is -4.04. The van der Waals surface area contributed by atoms with Crippen LogP contribution in [0.25, 0.3) is 11.0 Å². The van der Waals surface area contributed by atoms with Crippen LogP contribution in [0.3, 0.4) is 0 Å². The third kappa shape index (κ3) is 5.07. The highest BCUT2D eigenvalue weighted by atomic mass is 35.5. The summed E-state index contributed by atoms with van der Waals surface area (Å²) in [6, 6.07) is 8.44. The average molecular weight is 562 g/mol. The van der Waals surface area contributed by atoms with E-state index in [9.17, 15) is 27.6 Å². The standard InChI is InChI=1S/C27H27ClF3N5O3/c1-26(2,3)21(34-23(37)22-32-19-6-4-5-7-20(19)33-22)25(39)36-13-15-11-16(36)12-35(15)24(38)17-9-8-14(10-18(17)28)27(29,30)31/h4-10,15-16,21H,11-13H2,1-3H3,(H,32,33)(H,34,37)/t15-,16?,21+/m0/s1. The molecule has 1 unspecified atom stereocenters. The number of carbonyl (C=O) groups excluding carboxylic acids is 3. The fourth-order valence-electron chi connectivity index (χ4n) is 5.28. The fraction of sp³-hybridized carbons (Fsp3) is 0.407. The molecule has 0 radical (unpaired) electrons. The zero-order valence-electron chi connectivity index (χ0n) is 21.5. The topological polar surface area (TPSA) is 98.4 Å². The number of alkyl halides is 3. The van der Waals surface area contributed by atoms with Gasteiger partial charge in [-0.25, -0.2) is 4.98 Å². The number of aromatic nitrogens is 2. The summed E-state index contributed by atoms with van der Waals surface area (Å²) in [5, 5.41) is 2.57. The van der Waals surface area contributed by atoms with E-state index in [2.05, 4.69) is 15.3 Å². The van der Waals surface area contributed by atoms with E-state index >= 15 is 0 Å².